The van der Waals surface area contributed by atoms with E-state index in [9.17, 15) is 4.79 Å². The molecule has 4 nitrogen and oxygen atoms in total. The van der Waals surface area contributed by atoms with Gasteiger partial charge in [-0.2, -0.15) is 0 Å². The Bertz CT molecular complexity index is 632. The Morgan fingerprint density at radius 2 is 1.67 bits per heavy atom. The maximum Gasteiger partial charge on any atom is 0.336 e. The Kier molecular flexibility index (Phi) is 4.99. The maximum absolute atomic E-state index is 11.7. The fraction of sp³-hybridized carbons (Fsp3) is 0.118. The normalized spacial score (nSPS) is 10.4. The van der Waals surface area contributed by atoms with E-state index in [2.05, 4.69) is 0 Å². The van der Waals surface area contributed by atoms with E-state index in [1.807, 2.05) is 12.1 Å². The van der Waals surface area contributed by atoms with Crippen molar-refractivity contribution in [3.8, 4) is 17.2 Å². The van der Waals surface area contributed by atoms with Gasteiger partial charge in [0.15, 0.2) is 11.5 Å². The predicted molar refractivity (Wildman–Crippen MR) is 80.7 cm³/mol. The van der Waals surface area contributed by atoms with Crippen LogP contribution < -0.4 is 14.2 Å². The van der Waals surface area contributed by atoms with Crippen LogP contribution in [0.3, 0.4) is 0 Å². The molecule has 0 saturated heterocycles. The van der Waals surface area contributed by atoms with E-state index < -0.39 is 5.97 Å². The van der Waals surface area contributed by atoms with Gasteiger partial charge in [-0.15, -0.1) is 0 Å². The summed E-state index contributed by atoms with van der Waals surface area (Å²) in [7, 11) is 3.14. The van der Waals surface area contributed by atoms with Crippen LogP contribution in [-0.2, 0) is 4.79 Å². The number of esters is 1. The first kappa shape index (κ1) is 14.7. The molecule has 0 unspecified atom stereocenters. The van der Waals surface area contributed by atoms with E-state index >= 15 is 0 Å². The van der Waals surface area contributed by atoms with Gasteiger partial charge in [-0.05, 0) is 35.9 Å². The molecule has 2 rings (SSSR count). The number of carbonyl (C=O) groups excluding carboxylic acids is 1. The minimum Gasteiger partial charge on any atom is -0.493 e. The van der Waals surface area contributed by atoms with E-state index in [1.165, 1.54) is 6.08 Å². The summed E-state index contributed by atoms with van der Waals surface area (Å²) in [6.07, 6.45) is 3.03. The zero-order valence-corrected chi connectivity index (χ0v) is 11.9. The first-order chi connectivity index (χ1) is 10.2. The van der Waals surface area contributed by atoms with Crippen molar-refractivity contribution in [2.24, 2.45) is 0 Å². The van der Waals surface area contributed by atoms with E-state index in [0.29, 0.717) is 17.2 Å². The Morgan fingerprint density at radius 3 is 2.33 bits per heavy atom. The van der Waals surface area contributed by atoms with Crippen LogP contribution in [0.15, 0.2) is 54.6 Å². The van der Waals surface area contributed by atoms with Crippen molar-refractivity contribution < 1.29 is 19.0 Å². The molecule has 0 bridgehead atoms. The van der Waals surface area contributed by atoms with Crippen LogP contribution in [0.4, 0.5) is 0 Å². The van der Waals surface area contributed by atoms with Gasteiger partial charge in [-0.25, -0.2) is 4.79 Å². The third-order valence-corrected chi connectivity index (χ3v) is 2.78. The van der Waals surface area contributed by atoms with Gasteiger partial charge in [0.1, 0.15) is 5.75 Å². The molecule has 0 atom stereocenters. The summed E-state index contributed by atoms with van der Waals surface area (Å²) in [6.45, 7) is 0. The highest BCUT2D eigenvalue weighted by molar-refractivity contribution is 5.88. The van der Waals surface area contributed by atoms with E-state index in [0.717, 1.165) is 5.56 Å². The van der Waals surface area contributed by atoms with Crippen molar-refractivity contribution in [3.05, 3.63) is 60.2 Å². The van der Waals surface area contributed by atoms with Gasteiger partial charge in [0, 0.05) is 6.08 Å². The molecule has 0 aliphatic rings. The fourth-order valence-electron chi connectivity index (χ4n) is 1.76. The molecule has 0 amide bonds. The summed E-state index contributed by atoms with van der Waals surface area (Å²) in [6, 6.07) is 14.3. The number of methoxy groups -OCH3 is 2. The van der Waals surface area contributed by atoms with Crippen molar-refractivity contribution in [1.29, 1.82) is 0 Å². The van der Waals surface area contributed by atoms with Crippen LogP contribution in [0, 0.1) is 0 Å². The van der Waals surface area contributed by atoms with E-state index in [4.69, 9.17) is 14.2 Å². The van der Waals surface area contributed by atoms with Crippen LogP contribution in [0.5, 0.6) is 17.2 Å². The summed E-state index contributed by atoms with van der Waals surface area (Å²) < 4.78 is 15.5. The lowest BCUT2D eigenvalue weighted by Gasteiger charge is -2.07. The molecule has 2 aromatic carbocycles. The molecule has 0 N–H and O–H groups in total. The quantitative estimate of drug-likeness (QED) is 0.480. The number of hydrogen-bond acceptors (Lipinski definition) is 4. The Balaban J connectivity index is 2.05. The fourth-order valence-corrected chi connectivity index (χ4v) is 1.76. The number of para-hydroxylation sites is 1. The highest BCUT2D eigenvalue weighted by Gasteiger charge is 2.04. The van der Waals surface area contributed by atoms with Crippen molar-refractivity contribution in [2.45, 2.75) is 0 Å². The number of rotatable bonds is 5. The van der Waals surface area contributed by atoms with Crippen LogP contribution in [0.2, 0.25) is 0 Å². The number of ether oxygens (including phenoxy) is 3. The zero-order chi connectivity index (χ0) is 15.1. The predicted octanol–water partition coefficient (Wildman–Crippen LogP) is 3.32. The average Bonchev–Trinajstić information content (AvgIpc) is 2.53. The van der Waals surface area contributed by atoms with Gasteiger partial charge >= 0.3 is 5.97 Å². The molecule has 2 aromatic rings. The second-order valence-electron chi connectivity index (χ2n) is 4.18. The van der Waals surface area contributed by atoms with Crippen molar-refractivity contribution in [3.63, 3.8) is 0 Å². The van der Waals surface area contributed by atoms with Crippen molar-refractivity contribution in [2.75, 3.05) is 14.2 Å². The van der Waals surface area contributed by atoms with Crippen molar-refractivity contribution >= 4 is 12.0 Å². The van der Waals surface area contributed by atoms with Crippen LogP contribution in [0.1, 0.15) is 5.56 Å². The molecule has 0 fully saturated rings. The van der Waals surface area contributed by atoms with Gasteiger partial charge in [-0.1, -0.05) is 24.3 Å². The van der Waals surface area contributed by atoms with Crippen molar-refractivity contribution in [1.82, 2.24) is 0 Å². The molecule has 4 heteroatoms. The van der Waals surface area contributed by atoms with Gasteiger partial charge in [0.2, 0.25) is 0 Å². The third-order valence-electron chi connectivity index (χ3n) is 2.78. The molecule has 0 aliphatic heterocycles. The summed E-state index contributed by atoms with van der Waals surface area (Å²) in [5, 5.41) is 0. The van der Waals surface area contributed by atoms with Crippen LogP contribution >= 0.6 is 0 Å². The summed E-state index contributed by atoms with van der Waals surface area (Å²) in [4.78, 5) is 11.7. The summed E-state index contributed by atoms with van der Waals surface area (Å²) in [5.74, 6) is 1.33. The first-order valence-corrected chi connectivity index (χ1v) is 6.40. The highest BCUT2D eigenvalue weighted by atomic mass is 16.5. The first-order valence-electron chi connectivity index (χ1n) is 6.40. The number of benzene rings is 2. The molecule has 21 heavy (non-hydrogen) atoms. The molecule has 0 aliphatic carbocycles. The Morgan fingerprint density at radius 1 is 0.952 bits per heavy atom. The van der Waals surface area contributed by atoms with Gasteiger partial charge in [0.05, 0.1) is 14.2 Å². The van der Waals surface area contributed by atoms with Crippen LogP contribution in [-0.4, -0.2) is 20.2 Å². The molecule has 0 saturated carbocycles. The maximum atomic E-state index is 11.7. The average molecular weight is 284 g/mol. The minimum absolute atomic E-state index is 0.434. The van der Waals surface area contributed by atoms with Gasteiger partial charge in [0.25, 0.3) is 0 Å². The van der Waals surface area contributed by atoms with E-state index in [1.54, 1.807) is 56.7 Å². The number of hydrogen-bond donors (Lipinski definition) is 0. The Hall–Kier alpha value is -2.75. The zero-order valence-electron chi connectivity index (χ0n) is 11.9. The monoisotopic (exact) mass is 284 g/mol. The summed E-state index contributed by atoms with van der Waals surface area (Å²) in [5.41, 5.74) is 0.817. The van der Waals surface area contributed by atoms with Crippen LogP contribution in [0.25, 0.3) is 6.08 Å². The lowest BCUT2D eigenvalue weighted by molar-refractivity contribution is -0.128. The summed E-state index contributed by atoms with van der Waals surface area (Å²) >= 11 is 0. The molecule has 0 aromatic heterocycles. The third kappa shape index (κ3) is 4.11. The van der Waals surface area contributed by atoms with E-state index in [-0.39, 0.29) is 0 Å². The smallest absolute Gasteiger partial charge is 0.336 e. The lowest BCUT2D eigenvalue weighted by Crippen LogP contribution is -2.03. The van der Waals surface area contributed by atoms with Gasteiger partial charge < -0.3 is 14.2 Å². The highest BCUT2D eigenvalue weighted by Crippen LogP contribution is 2.27. The lowest BCUT2D eigenvalue weighted by atomic mass is 10.2. The standard InChI is InChI=1S/C17H16O4/c1-19-15-10-8-13(12-16(15)20-2)9-11-17(18)21-14-6-4-3-5-7-14/h3-12H,1-2H3/b11-9+. The number of carbonyl (C=O) groups is 1. The largest absolute Gasteiger partial charge is 0.493 e. The SMILES string of the molecule is COc1ccc(/C=C/C(=O)Oc2ccccc2)cc1OC. The molecule has 108 valence electrons. The molecular formula is C17H16O4. The topological polar surface area (TPSA) is 44.8 Å². The second kappa shape index (κ2) is 7.14. The molecule has 0 spiro atoms. The molecule has 0 radical (unpaired) electrons. The molecule has 0 heterocycles. The minimum atomic E-state index is -0.434. The second-order valence-corrected chi connectivity index (χ2v) is 4.18. The molecular weight excluding hydrogens is 268 g/mol. The van der Waals surface area contributed by atoms with Gasteiger partial charge in [-0.3, -0.25) is 0 Å². The Labute approximate surface area is 123 Å².